The third-order valence-electron chi connectivity index (χ3n) is 6.04. The van der Waals surface area contributed by atoms with Crippen LogP contribution in [0.3, 0.4) is 0 Å². The lowest BCUT2D eigenvalue weighted by atomic mass is 10.1. The van der Waals surface area contributed by atoms with Crippen LogP contribution in [0, 0.1) is 0 Å². The van der Waals surface area contributed by atoms with E-state index in [1.807, 2.05) is 62.4 Å². The van der Waals surface area contributed by atoms with Crippen LogP contribution in [0.5, 0.6) is 0 Å². The zero-order chi connectivity index (χ0) is 22.2. The van der Waals surface area contributed by atoms with E-state index < -0.39 is 0 Å². The van der Waals surface area contributed by atoms with Crippen molar-refractivity contribution in [2.75, 3.05) is 55.0 Å². The maximum Gasteiger partial charge on any atom is 0.151 e. The van der Waals surface area contributed by atoms with Crippen LogP contribution in [0.4, 0.5) is 17.3 Å². The molecule has 0 spiro atoms. The molecule has 1 aliphatic rings. The van der Waals surface area contributed by atoms with Crippen LogP contribution in [0.2, 0.25) is 5.02 Å². The van der Waals surface area contributed by atoms with Gasteiger partial charge in [0.25, 0.3) is 0 Å². The second-order valence-electron chi connectivity index (χ2n) is 8.27. The molecule has 1 saturated heterocycles. The summed E-state index contributed by atoms with van der Waals surface area (Å²) in [6, 6.07) is 18.4. The standard InChI is InChI=1S/C24H26ClN7/c1-29(2)22-10-11-23(28-27-22)32-14-12-31(13-15-32)17-8-9-19(25)18(16-17)24-26-20-6-4-5-7-21(20)30(24)3/h4-11,16H,12-15H2,1-3H3. The number of rotatable bonds is 4. The molecule has 7 nitrogen and oxygen atoms in total. The lowest BCUT2D eigenvalue weighted by molar-refractivity contribution is 0.643. The van der Waals surface area contributed by atoms with Gasteiger partial charge in [-0.25, -0.2) is 4.98 Å². The van der Waals surface area contributed by atoms with Gasteiger partial charge in [0.05, 0.1) is 16.1 Å². The van der Waals surface area contributed by atoms with E-state index in [0.29, 0.717) is 5.02 Å². The van der Waals surface area contributed by atoms with E-state index in [9.17, 15) is 0 Å². The number of para-hydroxylation sites is 2. The van der Waals surface area contributed by atoms with Gasteiger partial charge in [0, 0.05) is 58.6 Å². The highest BCUT2D eigenvalue weighted by atomic mass is 35.5. The molecule has 164 valence electrons. The van der Waals surface area contributed by atoms with Gasteiger partial charge in [-0.2, -0.15) is 0 Å². The van der Waals surface area contributed by atoms with Crippen LogP contribution in [0.15, 0.2) is 54.6 Å². The summed E-state index contributed by atoms with van der Waals surface area (Å²) < 4.78 is 2.11. The van der Waals surface area contributed by atoms with Gasteiger partial charge in [-0.15, -0.1) is 10.2 Å². The Morgan fingerprint density at radius 2 is 1.62 bits per heavy atom. The Hall–Kier alpha value is -3.32. The van der Waals surface area contributed by atoms with E-state index in [1.165, 1.54) is 0 Å². The van der Waals surface area contributed by atoms with E-state index in [2.05, 4.69) is 42.8 Å². The fraction of sp³-hybridized carbons (Fsp3) is 0.292. The molecule has 32 heavy (non-hydrogen) atoms. The third-order valence-corrected chi connectivity index (χ3v) is 6.37. The summed E-state index contributed by atoms with van der Waals surface area (Å²) in [7, 11) is 5.97. The number of aryl methyl sites for hydroxylation is 1. The largest absolute Gasteiger partial charge is 0.368 e. The molecule has 1 aliphatic heterocycles. The number of halogens is 1. The quantitative estimate of drug-likeness (QED) is 0.470. The Kier molecular flexibility index (Phi) is 5.35. The minimum Gasteiger partial charge on any atom is -0.368 e. The van der Waals surface area contributed by atoms with Crippen molar-refractivity contribution in [3.8, 4) is 11.4 Å². The van der Waals surface area contributed by atoms with Crippen molar-refractivity contribution in [1.82, 2.24) is 19.7 Å². The predicted molar refractivity (Wildman–Crippen MR) is 132 cm³/mol. The second kappa shape index (κ2) is 8.31. The van der Waals surface area contributed by atoms with Gasteiger partial charge in [0.1, 0.15) is 5.82 Å². The Morgan fingerprint density at radius 1 is 0.875 bits per heavy atom. The van der Waals surface area contributed by atoms with Crippen LogP contribution >= 0.6 is 11.6 Å². The summed E-state index contributed by atoms with van der Waals surface area (Å²) in [4.78, 5) is 11.5. The number of piperazine rings is 1. The summed E-state index contributed by atoms with van der Waals surface area (Å²) >= 11 is 6.61. The number of fused-ring (bicyclic) bond motifs is 1. The summed E-state index contributed by atoms with van der Waals surface area (Å²) in [5.74, 6) is 2.67. The first kappa shape index (κ1) is 20.6. The van der Waals surface area contributed by atoms with Gasteiger partial charge in [-0.1, -0.05) is 23.7 Å². The van der Waals surface area contributed by atoms with Gasteiger partial charge < -0.3 is 19.3 Å². The molecule has 0 saturated carbocycles. The topological polar surface area (TPSA) is 53.3 Å². The van der Waals surface area contributed by atoms with E-state index in [-0.39, 0.29) is 0 Å². The van der Waals surface area contributed by atoms with E-state index >= 15 is 0 Å². The number of nitrogens with zero attached hydrogens (tertiary/aromatic N) is 7. The molecule has 0 aliphatic carbocycles. The maximum atomic E-state index is 6.61. The lowest BCUT2D eigenvalue weighted by Gasteiger charge is -2.36. The Labute approximate surface area is 192 Å². The molecule has 8 heteroatoms. The molecular weight excluding hydrogens is 422 g/mol. The van der Waals surface area contributed by atoms with Crippen molar-refractivity contribution in [1.29, 1.82) is 0 Å². The van der Waals surface area contributed by atoms with E-state index in [1.54, 1.807) is 0 Å². The number of imidazole rings is 1. The predicted octanol–water partition coefficient (Wildman–Crippen LogP) is 4.08. The van der Waals surface area contributed by atoms with E-state index in [4.69, 9.17) is 16.6 Å². The average molecular weight is 448 g/mol. The van der Waals surface area contributed by atoms with Gasteiger partial charge in [0.15, 0.2) is 11.6 Å². The number of aromatic nitrogens is 4. The number of benzene rings is 2. The highest BCUT2D eigenvalue weighted by Crippen LogP contribution is 2.33. The molecule has 5 rings (SSSR count). The monoisotopic (exact) mass is 447 g/mol. The maximum absolute atomic E-state index is 6.61. The first-order valence-electron chi connectivity index (χ1n) is 10.7. The first-order chi connectivity index (χ1) is 15.5. The highest BCUT2D eigenvalue weighted by molar-refractivity contribution is 6.33. The SMILES string of the molecule is CN(C)c1ccc(N2CCN(c3ccc(Cl)c(-c4nc5ccccc5n4C)c3)CC2)nn1. The molecule has 0 bridgehead atoms. The molecule has 2 aromatic carbocycles. The Balaban J connectivity index is 1.36. The number of hydrogen-bond acceptors (Lipinski definition) is 6. The smallest absolute Gasteiger partial charge is 0.151 e. The molecule has 3 heterocycles. The average Bonchev–Trinajstić information content (AvgIpc) is 3.16. The molecule has 0 atom stereocenters. The highest BCUT2D eigenvalue weighted by Gasteiger charge is 2.21. The van der Waals surface area contributed by atoms with Gasteiger partial charge in [-0.3, -0.25) is 0 Å². The Morgan fingerprint density at radius 3 is 2.31 bits per heavy atom. The summed E-state index contributed by atoms with van der Waals surface area (Å²) in [5.41, 5.74) is 4.18. The number of hydrogen-bond donors (Lipinski definition) is 0. The Bertz CT molecular complexity index is 1240. The van der Waals surface area contributed by atoms with Crippen LogP contribution in [-0.4, -0.2) is 60.0 Å². The summed E-state index contributed by atoms with van der Waals surface area (Å²) in [6.45, 7) is 3.59. The summed E-state index contributed by atoms with van der Waals surface area (Å²) in [6.07, 6.45) is 0. The molecular formula is C24H26ClN7. The van der Waals surface area contributed by atoms with Crippen LogP contribution in [-0.2, 0) is 7.05 Å². The molecule has 0 amide bonds. The minimum atomic E-state index is 0.710. The van der Waals surface area contributed by atoms with Crippen molar-refractivity contribution >= 4 is 40.0 Å². The van der Waals surface area contributed by atoms with Crippen LogP contribution in [0.1, 0.15) is 0 Å². The zero-order valence-corrected chi connectivity index (χ0v) is 19.3. The van der Waals surface area contributed by atoms with Gasteiger partial charge in [0.2, 0.25) is 0 Å². The molecule has 4 aromatic rings. The van der Waals surface area contributed by atoms with Crippen molar-refractivity contribution in [3.05, 3.63) is 59.6 Å². The summed E-state index contributed by atoms with van der Waals surface area (Å²) in [5, 5.41) is 9.42. The van der Waals surface area contributed by atoms with Crippen molar-refractivity contribution in [2.24, 2.45) is 7.05 Å². The van der Waals surface area contributed by atoms with Crippen molar-refractivity contribution in [3.63, 3.8) is 0 Å². The van der Waals surface area contributed by atoms with Crippen molar-refractivity contribution in [2.45, 2.75) is 0 Å². The lowest BCUT2D eigenvalue weighted by Crippen LogP contribution is -2.46. The fourth-order valence-electron chi connectivity index (χ4n) is 4.19. The van der Waals surface area contributed by atoms with Gasteiger partial charge >= 0.3 is 0 Å². The van der Waals surface area contributed by atoms with E-state index in [0.717, 1.165) is 65.9 Å². The first-order valence-corrected chi connectivity index (χ1v) is 11.1. The normalized spacial score (nSPS) is 14.2. The molecule has 0 N–H and O–H groups in total. The van der Waals surface area contributed by atoms with Crippen molar-refractivity contribution < 1.29 is 0 Å². The minimum absolute atomic E-state index is 0.710. The second-order valence-corrected chi connectivity index (χ2v) is 8.67. The molecule has 0 unspecified atom stereocenters. The third kappa shape index (κ3) is 3.73. The molecule has 1 fully saturated rings. The van der Waals surface area contributed by atoms with Crippen LogP contribution in [0.25, 0.3) is 22.4 Å². The van der Waals surface area contributed by atoms with Gasteiger partial charge in [-0.05, 0) is 42.5 Å². The molecule has 0 radical (unpaired) electrons. The number of anilines is 3. The fourth-order valence-corrected chi connectivity index (χ4v) is 4.39. The zero-order valence-electron chi connectivity index (χ0n) is 18.5. The van der Waals surface area contributed by atoms with Crippen LogP contribution < -0.4 is 14.7 Å². The molecule has 2 aromatic heterocycles.